The number of hydrogen-bond acceptors (Lipinski definition) is 4. The molecule has 0 bridgehead atoms. The lowest BCUT2D eigenvalue weighted by molar-refractivity contribution is -0.123. The van der Waals surface area contributed by atoms with Crippen LogP contribution in [0.15, 0.2) is 36.4 Å². The molecule has 18 heavy (non-hydrogen) atoms. The first-order valence-corrected chi connectivity index (χ1v) is 5.58. The summed E-state index contributed by atoms with van der Waals surface area (Å²) in [7, 11) is 0. The number of carbonyl (C=O) groups excluding carboxylic acids is 1. The van der Waals surface area contributed by atoms with Gasteiger partial charge in [0.25, 0.3) is 0 Å². The van der Waals surface area contributed by atoms with Crippen LogP contribution in [0.5, 0.6) is 5.75 Å². The minimum atomic E-state index is -0.617. The Morgan fingerprint density at radius 2 is 2.11 bits per heavy atom. The predicted molar refractivity (Wildman–Crippen MR) is 68.7 cm³/mol. The number of hydroxylamine groups is 1. The smallest absolute Gasteiger partial charge is 0.237 e. The minimum Gasteiger partial charge on any atom is -0.508 e. The molecule has 4 N–H and O–H groups in total. The van der Waals surface area contributed by atoms with Crippen LogP contribution in [-0.2, 0) is 16.1 Å². The molecule has 5 nitrogen and oxygen atoms in total. The van der Waals surface area contributed by atoms with E-state index in [0.29, 0.717) is 13.0 Å². The Balaban J connectivity index is 2.54. The van der Waals surface area contributed by atoms with Gasteiger partial charge in [0.1, 0.15) is 11.8 Å². The van der Waals surface area contributed by atoms with E-state index in [9.17, 15) is 4.79 Å². The van der Waals surface area contributed by atoms with E-state index in [1.165, 1.54) is 0 Å². The maximum Gasteiger partial charge on any atom is 0.237 e. The van der Waals surface area contributed by atoms with E-state index in [4.69, 9.17) is 15.7 Å². The summed E-state index contributed by atoms with van der Waals surface area (Å²) in [6.45, 7) is 5.82. The van der Waals surface area contributed by atoms with Crippen molar-refractivity contribution in [3.8, 4) is 5.75 Å². The highest BCUT2D eigenvalue weighted by molar-refractivity contribution is 5.80. The first kappa shape index (κ1) is 14.2. The molecule has 1 unspecified atom stereocenters. The number of hydrogen-bond donors (Lipinski definition) is 3. The van der Waals surface area contributed by atoms with E-state index in [1.54, 1.807) is 24.3 Å². The maximum atomic E-state index is 11.3. The summed E-state index contributed by atoms with van der Waals surface area (Å²) in [4.78, 5) is 16.4. The largest absolute Gasteiger partial charge is 0.508 e. The quantitative estimate of drug-likeness (QED) is 0.495. The Hall–Kier alpha value is -1.85. The zero-order chi connectivity index (χ0) is 13.5. The fourth-order valence-corrected chi connectivity index (χ4v) is 1.33. The molecule has 0 radical (unpaired) electrons. The summed E-state index contributed by atoms with van der Waals surface area (Å²) < 4.78 is 0. The molecule has 0 aliphatic heterocycles. The summed E-state index contributed by atoms with van der Waals surface area (Å²) in [6, 6.07) is 5.95. The normalized spacial score (nSPS) is 12.1. The molecule has 0 spiro atoms. The molecule has 1 aromatic rings. The number of phenolic OH excluding ortho intramolecular Hbond substituents is 1. The van der Waals surface area contributed by atoms with Crippen LogP contribution < -0.4 is 11.2 Å². The second-order valence-electron chi connectivity index (χ2n) is 4.19. The van der Waals surface area contributed by atoms with Gasteiger partial charge in [0.05, 0.1) is 6.61 Å². The van der Waals surface area contributed by atoms with Crippen molar-refractivity contribution in [3.63, 3.8) is 0 Å². The van der Waals surface area contributed by atoms with Crippen molar-refractivity contribution in [2.45, 2.75) is 19.4 Å². The van der Waals surface area contributed by atoms with E-state index in [0.717, 1.165) is 11.1 Å². The Morgan fingerprint density at radius 3 is 2.61 bits per heavy atom. The molecule has 0 saturated carbocycles. The van der Waals surface area contributed by atoms with Gasteiger partial charge in [-0.1, -0.05) is 24.3 Å². The van der Waals surface area contributed by atoms with E-state index < -0.39 is 11.9 Å². The number of amides is 1. The highest BCUT2D eigenvalue weighted by Gasteiger charge is 2.15. The maximum absolute atomic E-state index is 11.3. The molecule has 0 aliphatic carbocycles. The third kappa shape index (κ3) is 4.99. The Bertz CT molecular complexity index is 415. The van der Waals surface area contributed by atoms with Crippen molar-refractivity contribution >= 4 is 5.91 Å². The Morgan fingerprint density at radius 1 is 1.50 bits per heavy atom. The number of nitrogens with two attached hydrogens (primary N) is 1. The van der Waals surface area contributed by atoms with Crippen molar-refractivity contribution < 1.29 is 14.7 Å². The summed E-state index contributed by atoms with van der Waals surface area (Å²) in [5, 5.41) is 9.16. The van der Waals surface area contributed by atoms with Gasteiger partial charge < -0.3 is 10.8 Å². The van der Waals surface area contributed by atoms with Gasteiger partial charge in [-0.05, 0) is 31.0 Å². The third-order valence-corrected chi connectivity index (χ3v) is 2.26. The Kier molecular flexibility index (Phi) is 5.35. The third-order valence-electron chi connectivity index (χ3n) is 2.26. The first-order chi connectivity index (χ1) is 8.49. The summed E-state index contributed by atoms with van der Waals surface area (Å²) in [6.07, 6.45) is 0.395. The lowest BCUT2D eigenvalue weighted by atomic mass is 10.1. The van der Waals surface area contributed by atoms with Gasteiger partial charge >= 0.3 is 0 Å². The minimum absolute atomic E-state index is 0.181. The molecule has 0 aromatic heterocycles. The second-order valence-corrected chi connectivity index (χ2v) is 4.19. The van der Waals surface area contributed by atoms with Gasteiger partial charge in [0.2, 0.25) is 5.91 Å². The van der Waals surface area contributed by atoms with E-state index in [2.05, 4.69) is 12.1 Å². The number of benzene rings is 1. The zero-order valence-electron chi connectivity index (χ0n) is 10.3. The van der Waals surface area contributed by atoms with E-state index in [1.807, 2.05) is 6.92 Å². The number of rotatable bonds is 7. The lowest BCUT2D eigenvalue weighted by Gasteiger charge is -2.15. The topological polar surface area (TPSA) is 84.6 Å². The van der Waals surface area contributed by atoms with Crippen LogP contribution in [-0.4, -0.2) is 23.7 Å². The van der Waals surface area contributed by atoms with Crippen molar-refractivity contribution in [1.82, 2.24) is 5.48 Å². The molecular weight excluding hydrogens is 232 g/mol. The van der Waals surface area contributed by atoms with Crippen molar-refractivity contribution in [2.75, 3.05) is 6.61 Å². The number of phenols is 1. The van der Waals surface area contributed by atoms with Crippen LogP contribution in [0.1, 0.15) is 12.5 Å². The summed E-state index contributed by atoms with van der Waals surface area (Å²) >= 11 is 0. The van der Waals surface area contributed by atoms with Crippen LogP contribution in [0.25, 0.3) is 0 Å². The molecule has 0 saturated heterocycles. The number of aromatic hydroxyl groups is 1. The molecular formula is C13H18N2O3. The van der Waals surface area contributed by atoms with E-state index >= 15 is 0 Å². The van der Waals surface area contributed by atoms with Crippen molar-refractivity contribution in [1.29, 1.82) is 0 Å². The fraction of sp³-hybridized carbons (Fsp3) is 0.308. The van der Waals surface area contributed by atoms with Gasteiger partial charge in [-0.15, -0.1) is 0 Å². The van der Waals surface area contributed by atoms with Crippen molar-refractivity contribution in [2.24, 2.45) is 5.73 Å². The standard InChI is InChI=1S/C13H18N2O3/c1-9(2)8-18-15-12(13(14)17)7-10-3-5-11(16)6-4-10/h3-6,12,15-16H,1,7-8H2,2H3,(H2,14,17). The molecule has 0 fully saturated rings. The molecule has 1 atom stereocenters. The van der Waals surface area contributed by atoms with Gasteiger partial charge in [0, 0.05) is 0 Å². The average molecular weight is 250 g/mol. The lowest BCUT2D eigenvalue weighted by Crippen LogP contribution is -2.43. The van der Waals surface area contributed by atoms with Crippen molar-refractivity contribution in [3.05, 3.63) is 42.0 Å². The Labute approximate surface area is 106 Å². The number of nitrogens with one attached hydrogen (secondary N) is 1. The van der Waals surface area contributed by atoms with Crippen LogP contribution in [0, 0.1) is 0 Å². The molecule has 0 aliphatic rings. The number of primary amides is 1. The fourth-order valence-electron chi connectivity index (χ4n) is 1.33. The number of carbonyl (C=O) groups is 1. The average Bonchev–Trinajstić information content (AvgIpc) is 2.30. The van der Waals surface area contributed by atoms with E-state index in [-0.39, 0.29) is 5.75 Å². The first-order valence-electron chi connectivity index (χ1n) is 5.58. The molecule has 5 heteroatoms. The van der Waals surface area contributed by atoms with Crippen LogP contribution in [0.4, 0.5) is 0 Å². The molecule has 1 aromatic carbocycles. The van der Waals surface area contributed by atoms with Gasteiger partial charge in [-0.2, -0.15) is 5.48 Å². The van der Waals surface area contributed by atoms with Crippen LogP contribution in [0.3, 0.4) is 0 Å². The monoisotopic (exact) mass is 250 g/mol. The van der Waals surface area contributed by atoms with Crippen LogP contribution in [0.2, 0.25) is 0 Å². The van der Waals surface area contributed by atoms with Gasteiger partial charge in [-0.25, -0.2) is 0 Å². The zero-order valence-corrected chi connectivity index (χ0v) is 10.3. The molecule has 0 heterocycles. The van der Waals surface area contributed by atoms with Gasteiger partial charge in [-0.3, -0.25) is 9.63 Å². The van der Waals surface area contributed by atoms with Crippen LogP contribution >= 0.6 is 0 Å². The summed E-state index contributed by atoms with van der Waals surface area (Å²) in [5.74, 6) is -0.314. The predicted octanol–water partition coefficient (Wildman–Crippen LogP) is 0.886. The SMILES string of the molecule is C=C(C)CONC(Cc1ccc(O)cc1)C(N)=O. The summed E-state index contributed by atoms with van der Waals surface area (Å²) in [5.41, 5.74) is 9.61. The highest BCUT2D eigenvalue weighted by atomic mass is 16.6. The second kappa shape index (κ2) is 6.78. The molecule has 98 valence electrons. The molecule has 1 amide bonds. The van der Waals surface area contributed by atoms with Gasteiger partial charge in [0.15, 0.2) is 0 Å². The molecule has 1 rings (SSSR count). The highest BCUT2D eigenvalue weighted by Crippen LogP contribution is 2.11.